The minimum absolute atomic E-state index is 0.189. The molecule has 4 rings (SSSR count). The third-order valence-corrected chi connectivity index (χ3v) is 5.57. The number of halogens is 1. The molecule has 7 nitrogen and oxygen atoms in total. The van der Waals surface area contributed by atoms with E-state index in [4.69, 9.17) is 25.5 Å². The Labute approximate surface area is 190 Å². The molecule has 4 aromatic rings. The Morgan fingerprint density at radius 3 is 2.88 bits per heavy atom. The number of ether oxygens (including phenoxy) is 2. The van der Waals surface area contributed by atoms with Crippen molar-refractivity contribution in [3.05, 3.63) is 64.5 Å². The van der Waals surface area contributed by atoms with E-state index in [1.54, 1.807) is 13.2 Å². The number of hydrogen-bond donors (Lipinski definition) is 1. The van der Waals surface area contributed by atoms with Crippen LogP contribution >= 0.6 is 11.6 Å². The maximum absolute atomic E-state index is 12.5. The van der Waals surface area contributed by atoms with Crippen LogP contribution in [-0.4, -0.2) is 37.0 Å². The van der Waals surface area contributed by atoms with Crippen LogP contribution in [-0.2, 0) is 11.3 Å². The summed E-state index contributed by atoms with van der Waals surface area (Å²) in [5.74, 6) is 0.450. The minimum atomic E-state index is -0.441. The maximum Gasteiger partial charge on any atom is 0.307 e. The third-order valence-electron chi connectivity index (χ3n) is 5.16. The van der Waals surface area contributed by atoms with Crippen molar-refractivity contribution in [2.45, 2.75) is 20.4 Å². The highest BCUT2D eigenvalue weighted by atomic mass is 35.5. The number of nitrogens with one attached hydrogen (secondary N) is 1. The number of benzene rings is 2. The number of hydrogen-bond acceptors (Lipinski definition) is 5. The summed E-state index contributed by atoms with van der Waals surface area (Å²) in [5, 5.41) is 6.36. The summed E-state index contributed by atoms with van der Waals surface area (Å²) in [6.45, 7) is 5.69. The molecule has 0 unspecified atom stereocenters. The van der Waals surface area contributed by atoms with E-state index in [9.17, 15) is 4.79 Å². The minimum Gasteiger partial charge on any atom is -0.497 e. The second kappa shape index (κ2) is 9.46. The number of aryl methyl sites for hydroxylation is 1. The summed E-state index contributed by atoms with van der Waals surface area (Å²) >= 11 is 6.67. The summed E-state index contributed by atoms with van der Waals surface area (Å²) in [5.41, 5.74) is 5.87. The Kier molecular flexibility index (Phi) is 6.48. The predicted octanol–water partition coefficient (Wildman–Crippen LogP) is 5.16. The highest BCUT2D eigenvalue weighted by molar-refractivity contribution is 6.34. The Morgan fingerprint density at radius 1 is 1.25 bits per heavy atom. The molecular formula is C24H24ClN3O4. The molecule has 0 saturated carbocycles. The molecule has 0 atom stereocenters. The molecule has 1 amide bonds. The van der Waals surface area contributed by atoms with Crippen LogP contribution in [0.4, 0.5) is 0 Å². The number of amides is 1. The van der Waals surface area contributed by atoms with E-state index >= 15 is 0 Å². The van der Waals surface area contributed by atoms with Crippen LogP contribution in [0.2, 0.25) is 5.15 Å². The normalized spacial score (nSPS) is 11.6. The fraction of sp³-hybridized carbons (Fsp3) is 0.250. The summed E-state index contributed by atoms with van der Waals surface area (Å²) in [6, 6.07) is 13.1. The Hall–Kier alpha value is -3.29. The van der Waals surface area contributed by atoms with Crippen molar-refractivity contribution in [2.75, 3.05) is 20.3 Å². The van der Waals surface area contributed by atoms with Gasteiger partial charge in [0.1, 0.15) is 16.5 Å². The van der Waals surface area contributed by atoms with Crippen molar-refractivity contribution < 1.29 is 18.7 Å². The van der Waals surface area contributed by atoms with Crippen LogP contribution < -0.4 is 10.2 Å². The molecule has 0 aliphatic heterocycles. The number of carbonyl (C=O) groups is 1. The standard InChI is InChI=1S/C24H24ClN3O4/c1-4-31-10-9-28-20-7-6-17(30-3)13-18(20)19(23(28)25)14-26-27-24(29)22-12-16-11-15(2)5-8-21(16)32-22/h5-8,11-14H,4,9-10H2,1-3H3,(H,27,29). The van der Waals surface area contributed by atoms with Crippen molar-refractivity contribution in [2.24, 2.45) is 5.10 Å². The average molecular weight is 454 g/mol. The molecule has 2 aromatic heterocycles. The van der Waals surface area contributed by atoms with E-state index < -0.39 is 5.91 Å². The second-order valence-electron chi connectivity index (χ2n) is 7.29. The molecule has 0 saturated heterocycles. The van der Waals surface area contributed by atoms with Gasteiger partial charge in [-0.3, -0.25) is 4.79 Å². The van der Waals surface area contributed by atoms with Crippen molar-refractivity contribution >= 4 is 45.6 Å². The topological polar surface area (TPSA) is 78.0 Å². The molecule has 8 heteroatoms. The van der Waals surface area contributed by atoms with Gasteiger partial charge in [-0.2, -0.15) is 5.10 Å². The quantitative estimate of drug-likeness (QED) is 0.227. The molecule has 0 aliphatic carbocycles. The fourth-order valence-electron chi connectivity index (χ4n) is 3.58. The summed E-state index contributed by atoms with van der Waals surface area (Å²) in [6.07, 6.45) is 1.53. The highest BCUT2D eigenvalue weighted by Gasteiger charge is 2.16. The first kappa shape index (κ1) is 21.9. The van der Waals surface area contributed by atoms with Gasteiger partial charge in [0, 0.05) is 29.5 Å². The zero-order chi connectivity index (χ0) is 22.7. The van der Waals surface area contributed by atoms with Crippen LogP contribution in [0.15, 0.2) is 52.0 Å². The molecule has 0 bridgehead atoms. The van der Waals surface area contributed by atoms with Gasteiger partial charge in [0.25, 0.3) is 0 Å². The zero-order valence-corrected chi connectivity index (χ0v) is 18.9. The van der Waals surface area contributed by atoms with E-state index in [1.807, 2.05) is 54.8 Å². The van der Waals surface area contributed by atoms with Crippen LogP contribution in [0.5, 0.6) is 5.75 Å². The van der Waals surface area contributed by atoms with Crippen molar-refractivity contribution in [1.29, 1.82) is 0 Å². The monoisotopic (exact) mass is 453 g/mol. The van der Waals surface area contributed by atoms with E-state index in [-0.39, 0.29) is 5.76 Å². The molecule has 1 N–H and O–H groups in total. The first-order valence-corrected chi connectivity index (χ1v) is 10.7. The fourth-order valence-corrected chi connectivity index (χ4v) is 3.91. The van der Waals surface area contributed by atoms with Gasteiger partial charge < -0.3 is 18.5 Å². The lowest BCUT2D eigenvalue weighted by atomic mass is 10.2. The summed E-state index contributed by atoms with van der Waals surface area (Å²) < 4.78 is 18.4. The molecule has 0 radical (unpaired) electrons. The number of methoxy groups -OCH3 is 1. The number of aromatic nitrogens is 1. The first-order valence-electron chi connectivity index (χ1n) is 10.3. The van der Waals surface area contributed by atoms with Gasteiger partial charge in [0.15, 0.2) is 5.76 Å². The second-order valence-corrected chi connectivity index (χ2v) is 7.65. The van der Waals surface area contributed by atoms with Gasteiger partial charge in [-0.1, -0.05) is 23.2 Å². The molecule has 0 spiro atoms. The number of furan rings is 1. The lowest BCUT2D eigenvalue weighted by Crippen LogP contribution is -2.16. The smallest absolute Gasteiger partial charge is 0.307 e. The molecular weight excluding hydrogens is 430 g/mol. The predicted molar refractivity (Wildman–Crippen MR) is 126 cm³/mol. The zero-order valence-electron chi connectivity index (χ0n) is 18.1. The van der Waals surface area contributed by atoms with Gasteiger partial charge in [-0.15, -0.1) is 0 Å². The number of hydrazone groups is 1. The van der Waals surface area contributed by atoms with E-state index in [0.717, 1.165) is 21.9 Å². The molecule has 0 aliphatic rings. The summed E-state index contributed by atoms with van der Waals surface area (Å²) in [4.78, 5) is 12.5. The molecule has 32 heavy (non-hydrogen) atoms. The van der Waals surface area contributed by atoms with E-state index in [1.165, 1.54) is 6.21 Å². The van der Waals surface area contributed by atoms with E-state index in [0.29, 0.717) is 41.8 Å². The van der Waals surface area contributed by atoms with Crippen molar-refractivity contribution in [1.82, 2.24) is 9.99 Å². The maximum atomic E-state index is 12.5. The number of rotatable bonds is 8. The average Bonchev–Trinajstić information content (AvgIpc) is 3.32. The van der Waals surface area contributed by atoms with Gasteiger partial charge >= 0.3 is 5.91 Å². The van der Waals surface area contributed by atoms with Crippen LogP contribution in [0.25, 0.3) is 21.9 Å². The van der Waals surface area contributed by atoms with Crippen LogP contribution in [0.1, 0.15) is 28.6 Å². The largest absolute Gasteiger partial charge is 0.497 e. The molecule has 0 fully saturated rings. The SMILES string of the molecule is CCOCCn1c(Cl)c(C=NNC(=O)c2cc3cc(C)ccc3o2)c2cc(OC)ccc21. The Balaban J connectivity index is 1.60. The van der Waals surface area contributed by atoms with Gasteiger partial charge in [-0.05, 0) is 50.2 Å². The Bertz CT molecular complexity index is 1310. The lowest BCUT2D eigenvalue weighted by Gasteiger charge is -2.07. The molecule has 166 valence electrons. The van der Waals surface area contributed by atoms with Gasteiger partial charge in [0.05, 0.1) is 25.4 Å². The number of carbonyl (C=O) groups excluding carboxylic acids is 1. The lowest BCUT2D eigenvalue weighted by molar-refractivity contribution is 0.0929. The molecule has 2 aromatic carbocycles. The Morgan fingerprint density at radius 2 is 2.09 bits per heavy atom. The van der Waals surface area contributed by atoms with Crippen LogP contribution in [0, 0.1) is 6.92 Å². The molecule has 2 heterocycles. The van der Waals surface area contributed by atoms with Crippen molar-refractivity contribution in [3.63, 3.8) is 0 Å². The first-order chi connectivity index (χ1) is 15.5. The number of nitrogens with zero attached hydrogens (tertiary/aromatic N) is 2. The van der Waals surface area contributed by atoms with Crippen molar-refractivity contribution in [3.8, 4) is 5.75 Å². The highest BCUT2D eigenvalue weighted by Crippen LogP contribution is 2.31. The van der Waals surface area contributed by atoms with Gasteiger partial charge in [-0.25, -0.2) is 5.43 Å². The van der Waals surface area contributed by atoms with E-state index in [2.05, 4.69) is 10.5 Å². The number of fused-ring (bicyclic) bond motifs is 2. The van der Waals surface area contributed by atoms with Crippen LogP contribution in [0.3, 0.4) is 0 Å². The van der Waals surface area contributed by atoms with Gasteiger partial charge in [0.2, 0.25) is 0 Å². The summed E-state index contributed by atoms with van der Waals surface area (Å²) in [7, 11) is 1.61. The third kappa shape index (κ3) is 4.35.